The van der Waals surface area contributed by atoms with Crippen LogP contribution in [-0.4, -0.2) is 54.4 Å². The van der Waals surface area contributed by atoms with Crippen LogP contribution in [0.1, 0.15) is 11.9 Å². The van der Waals surface area contributed by atoms with Crippen LogP contribution in [0.25, 0.3) is 0 Å². The number of hydrogen-bond donors (Lipinski definition) is 3. The van der Waals surface area contributed by atoms with Crippen molar-refractivity contribution in [2.45, 2.75) is 31.1 Å². The molecule has 0 spiro atoms. The van der Waals surface area contributed by atoms with E-state index in [-0.39, 0.29) is 6.54 Å². The van der Waals surface area contributed by atoms with Crippen LogP contribution in [0.3, 0.4) is 0 Å². The number of hydrogen-bond acceptors (Lipinski definition) is 7. The molecule has 1 aliphatic heterocycles. The lowest BCUT2D eigenvalue weighted by Crippen LogP contribution is -2.43. The molecule has 0 amide bonds. The average molecular weight is 335 g/mol. The average Bonchev–Trinajstić information content (AvgIpc) is 2.88. The lowest BCUT2D eigenvalue weighted by Gasteiger charge is -2.18. The van der Waals surface area contributed by atoms with E-state index in [2.05, 4.69) is 4.98 Å². The van der Waals surface area contributed by atoms with Gasteiger partial charge in [0.05, 0.1) is 18.8 Å². The van der Waals surface area contributed by atoms with Gasteiger partial charge in [-0.15, -0.1) is 0 Å². The Bertz CT molecular complexity index is 818. The second-order valence-electron chi connectivity index (χ2n) is 5.48. The fourth-order valence-electron chi connectivity index (χ4n) is 2.63. The van der Waals surface area contributed by atoms with E-state index in [0.29, 0.717) is 5.69 Å². The van der Waals surface area contributed by atoms with Gasteiger partial charge in [-0.1, -0.05) is 6.07 Å². The van der Waals surface area contributed by atoms with Crippen molar-refractivity contribution in [3.63, 3.8) is 0 Å². The molecule has 3 heterocycles. The third-order valence-electron chi connectivity index (χ3n) is 3.93. The SMILES string of the molecule is O=c1ccn([C@@H]2O[C@H](CO)C(O)C2O)c(=O)n1Cc1ccccn1. The molecular weight excluding hydrogens is 318 g/mol. The van der Waals surface area contributed by atoms with Crippen LogP contribution in [0.2, 0.25) is 0 Å². The van der Waals surface area contributed by atoms with E-state index in [1.54, 1.807) is 24.4 Å². The third-order valence-corrected chi connectivity index (χ3v) is 3.93. The number of rotatable bonds is 4. The zero-order chi connectivity index (χ0) is 17.3. The van der Waals surface area contributed by atoms with Crippen molar-refractivity contribution in [1.29, 1.82) is 0 Å². The van der Waals surface area contributed by atoms with Crippen molar-refractivity contribution >= 4 is 0 Å². The van der Waals surface area contributed by atoms with Crippen LogP contribution in [0.5, 0.6) is 0 Å². The van der Waals surface area contributed by atoms with Gasteiger partial charge < -0.3 is 20.1 Å². The fourth-order valence-corrected chi connectivity index (χ4v) is 2.63. The second-order valence-corrected chi connectivity index (χ2v) is 5.48. The Morgan fingerprint density at radius 1 is 1.17 bits per heavy atom. The first-order valence-electron chi connectivity index (χ1n) is 7.37. The molecule has 2 unspecified atom stereocenters. The molecule has 24 heavy (non-hydrogen) atoms. The molecule has 128 valence electrons. The van der Waals surface area contributed by atoms with Gasteiger partial charge in [0.15, 0.2) is 6.23 Å². The molecule has 0 aromatic carbocycles. The molecule has 9 heteroatoms. The van der Waals surface area contributed by atoms with Crippen molar-refractivity contribution in [3.05, 3.63) is 63.2 Å². The quantitative estimate of drug-likeness (QED) is 0.593. The van der Waals surface area contributed by atoms with Crippen molar-refractivity contribution in [2.75, 3.05) is 6.61 Å². The van der Waals surface area contributed by atoms with Gasteiger partial charge in [0, 0.05) is 18.5 Å². The highest BCUT2D eigenvalue weighted by Crippen LogP contribution is 2.27. The topological polar surface area (TPSA) is 127 Å². The number of aromatic nitrogens is 3. The molecule has 3 N–H and O–H groups in total. The summed E-state index contributed by atoms with van der Waals surface area (Å²) in [5.41, 5.74) is -0.702. The van der Waals surface area contributed by atoms with Crippen molar-refractivity contribution in [1.82, 2.24) is 14.1 Å². The van der Waals surface area contributed by atoms with Gasteiger partial charge in [0.1, 0.15) is 18.3 Å². The summed E-state index contributed by atoms with van der Waals surface area (Å²) < 4.78 is 7.31. The first kappa shape index (κ1) is 16.5. The Morgan fingerprint density at radius 2 is 1.96 bits per heavy atom. The predicted octanol–water partition coefficient (Wildman–Crippen LogP) is -1.94. The van der Waals surface area contributed by atoms with Crippen LogP contribution in [0.4, 0.5) is 0 Å². The minimum absolute atomic E-state index is 0.0336. The summed E-state index contributed by atoms with van der Waals surface area (Å²) in [5, 5.41) is 29.0. The van der Waals surface area contributed by atoms with E-state index in [1.165, 1.54) is 12.3 Å². The zero-order valence-corrected chi connectivity index (χ0v) is 12.6. The molecule has 2 aromatic rings. The van der Waals surface area contributed by atoms with Gasteiger partial charge in [-0.05, 0) is 12.1 Å². The molecule has 1 aliphatic rings. The highest BCUT2D eigenvalue weighted by Gasteiger charge is 2.43. The van der Waals surface area contributed by atoms with Crippen molar-refractivity contribution in [2.24, 2.45) is 0 Å². The molecule has 9 nitrogen and oxygen atoms in total. The summed E-state index contributed by atoms with van der Waals surface area (Å²) in [5.74, 6) is 0. The Labute approximate surface area is 136 Å². The minimum atomic E-state index is -1.40. The highest BCUT2D eigenvalue weighted by atomic mass is 16.6. The van der Waals surface area contributed by atoms with Crippen molar-refractivity contribution in [3.8, 4) is 0 Å². The molecule has 0 saturated carbocycles. The van der Waals surface area contributed by atoms with E-state index >= 15 is 0 Å². The molecule has 4 atom stereocenters. The smallest absolute Gasteiger partial charge is 0.333 e. The molecule has 0 bridgehead atoms. The first-order chi connectivity index (χ1) is 11.5. The lowest BCUT2D eigenvalue weighted by molar-refractivity contribution is -0.0555. The van der Waals surface area contributed by atoms with Gasteiger partial charge in [-0.3, -0.25) is 18.9 Å². The van der Waals surface area contributed by atoms with Crippen LogP contribution >= 0.6 is 0 Å². The van der Waals surface area contributed by atoms with Gasteiger partial charge in [0.25, 0.3) is 5.56 Å². The maximum absolute atomic E-state index is 12.6. The molecule has 2 aromatic heterocycles. The summed E-state index contributed by atoms with van der Waals surface area (Å²) in [6.07, 6.45) is -2.19. The Kier molecular flexibility index (Phi) is 4.58. The van der Waals surface area contributed by atoms with E-state index < -0.39 is 42.4 Å². The number of nitrogens with zero attached hydrogens (tertiary/aromatic N) is 3. The minimum Gasteiger partial charge on any atom is -0.394 e. The number of aliphatic hydroxyl groups is 3. The van der Waals surface area contributed by atoms with Gasteiger partial charge >= 0.3 is 5.69 Å². The van der Waals surface area contributed by atoms with Crippen LogP contribution in [-0.2, 0) is 11.3 Å². The number of pyridine rings is 1. The van der Waals surface area contributed by atoms with E-state index in [4.69, 9.17) is 9.84 Å². The Hall–Kier alpha value is -2.33. The Balaban J connectivity index is 1.98. The number of ether oxygens (including phenoxy) is 1. The highest BCUT2D eigenvalue weighted by molar-refractivity contribution is 5.05. The van der Waals surface area contributed by atoms with Crippen molar-refractivity contribution < 1.29 is 20.1 Å². The normalized spacial score (nSPS) is 26.6. The molecule has 3 rings (SSSR count). The standard InChI is InChI=1S/C15H17N3O6/c19-8-10-12(21)13(22)14(24-10)17-6-4-11(20)18(15(17)23)7-9-3-1-2-5-16-9/h1-6,10,12-14,19,21-22H,7-8H2/t10-,12?,13?,14-/m1/s1. The van der Waals surface area contributed by atoms with E-state index in [1.807, 2.05) is 0 Å². The maximum Gasteiger partial charge on any atom is 0.333 e. The summed E-state index contributed by atoms with van der Waals surface area (Å²) >= 11 is 0. The maximum atomic E-state index is 12.6. The fraction of sp³-hybridized carbons (Fsp3) is 0.400. The zero-order valence-electron chi connectivity index (χ0n) is 12.6. The monoisotopic (exact) mass is 335 g/mol. The van der Waals surface area contributed by atoms with E-state index in [0.717, 1.165) is 9.13 Å². The largest absolute Gasteiger partial charge is 0.394 e. The summed E-state index contributed by atoms with van der Waals surface area (Å²) in [6.45, 7) is -0.537. The Morgan fingerprint density at radius 3 is 2.58 bits per heavy atom. The third kappa shape index (κ3) is 2.89. The van der Waals surface area contributed by atoms with Gasteiger partial charge in [-0.25, -0.2) is 4.79 Å². The lowest BCUT2D eigenvalue weighted by atomic mass is 10.1. The molecule has 1 fully saturated rings. The summed E-state index contributed by atoms with van der Waals surface area (Å²) in [4.78, 5) is 28.7. The predicted molar refractivity (Wildman–Crippen MR) is 81.3 cm³/mol. The summed E-state index contributed by atoms with van der Waals surface area (Å²) in [6, 6.07) is 6.30. The molecular formula is C15H17N3O6. The summed E-state index contributed by atoms with van der Waals surface area (Å²) in [7, 11) is 0. The van der Waals surface area contributed by atoms with Crippen LogP contribution in [0.15, 0.2) is 46.2 Å². The van der Waals surface area contributed by atoms with Crippen LogP contribution < -0.4 is 11.2 Å². The second kappa shape index (κ2) is 6.65. The first-order valence-corrected chi connectivity index (χ1v) is 7.37. The van der Waals surface area contributed by atoms with Crippen LogP contribution in [0, 0.1) is 0 Å². The molecule has 0 aliphatic carbocycles. The molecule has 1 saturated heterocycles. The molecule has 0 radical (unpaired) electrons. The van der Waals surface area contributed by atoms with Gasteiger partial charge in [-0.2, -0.15) is 0 Å². The van der Waals surface area contributed by atoms with Gasteiger partial charge in [0.2, 0.25) is 0 Å². The number of aliphatic hydroxyl groups excluding tert-OH is 3. The van der Waals surface area contributed by atoms with E-state index in [9.17, 15) is 19.8 Å².